The number of Topliss-reactive ketones (excluding diaryl/α,β-unsaturated/α-hetero) is 1. The van der Waals surface area contributed by atoms with Gasteiger partial charge in [0.2, 0.25) is 0 Å². The van der Waals surface area contributed by atoms with E-state index in [-0.39, 0.29) is 5.78 Å². The van der Waals surface area contributed by atoms with Crippen LogP contribution in [0, 0.1) is 0 Å². The Balaban J connectivity index is 1.44. The molecule has 0 saturated carbocycles. The topological polar surface area (TPSA) is 39.2 Å². The van der Waals surface area contributed by atoms with Crippen molar-refractivity contribution in [1.29, 1.82) is 0 Å². The van der Waals surface area contributed by atoms with Crippen LogP contribution in [0.1, 0.15) is 23.0 Å². The first kappa shape index (κ1) is 17.2. The normalized spacial score (nSPS) is 10.7. The maximum absolute atomic E-state index is 11.5. The second kappa shape index (κ2) is 8.46. The van der Waals surface area contributed by atoms with Gasteiger partial charge < -0.3 is 4.74 Å². The van der Waals surface area contributed by atoms with E-state index in [2.05, 4.69) is 27.2 Å². The SMILES string of the molecule is CC(=O)c1ccccc1OCCSCc1csc(-c2ccsc2)n1. The summed E-state index contributed by atoms with van der Waals surface area (Å²) in [5, 5.41) is 7.39. The molecule has 0 amide bonds. The van der Waals surface area contributed by atoms with Gasteiger partial charge in [0.25, 0.3) is 0 Å². The highest BCUT2D eigenvalue weighted by molar-refractivity contribution is 7.98. The van der Waals surface area contributed by atoms with Gasteiger partial charge in [0, 0.05) is 27.8 Å². The first-order valence-electron chi connectivity index (χ1n) is 7.51. The quantitative estimate of drug-likeness (QED) is 0.391. The highest BCUT2D eigenvalue weighted by Gasteiger charge is 2.08. The molecule has 1 aromatic carbocycles. The Morgan fingerprint density at radius 2 is 2.12 bits per heavy atom. The molecule has 0 fully saturated rings. The Morgan fingerprint density at radius 3 is 2.92 bits per heavy atom. The highest BCUT2D eigenvalue weighted by atomic mass is 32.2. The molecule has 2 aromatic heterocycles. The van der Waals surface area contributed by atoms with E-state index >= 15 is 0 Å². The van der Waals surface area contributed by atoms with Crippen LogP contribution >= 0.6 is 34.4 Å². The number of para-hydroxylation sites is 1. The number of thiophene rings is 1. The average molecular weight is 376 g/mol. The molecule has 6 heteroatoms. The fraction of sp³-hybridized carbons (Fsp3) is 0.222. The summed E-state index contributed by atoms with van der Waals surface area (Å²) < 4.78 is 5.74. The Morgan fingerprint density at radius 1 is 1.25 bits per heavy atom. The van der Waals surface area contributed by atoms with E-state index in [0.29, 0.717) is 17.9 Å². The van der Waals surface area contributed by atoms with E-state index in [0.717, 1.165) is 22.2 Å². The van der Waals surface area contributed by atoms with Crippen LogP contribution < -0.4 is 4.74 Å². The maximum Gasteiger partial charge on any atom is 0.163 e. The van der Waals surface area contributed by atoms with Crippen molar-refractivity contribution in [2.75, 3.05) is 12.4 Å². The molecule has 3 aromatic rings. The van der Waals surface area contributed by atoms with E-state index < -0.39 is 0 Å². The number of carbonyl (C=O) groups is 1. The van der Waals surface area contributed by atoms with Gasteiger partial charge in [-0.15, -0.1) is 11.3 Å². The smallest absolute Gasteiger partial charge is 0.163 e. The fourth-order valence-corrected chi connectivity index (χ4v) is 4.50. The molecule has 0 spiro atoms. The largest absolute Gasteiger partial charge is 0.492 e. The van der Waals surface area contributed by atoms with E-state index in [1.54, 1.807) is 47.4 Å². The van der Waals surface area contributed by atoms with Gasteiger partial charge in [0.15, 0.2) is 5.78 Å². The predicted octanol–water partition coefficient (Wildman–Crippen LogP) is 5.39. The zero-order chi connectivity index (χ0) is 16.8. The second-order valence-corrected chi connectivity index (χ2v) is 7.85. The van der Waals surface area contributed by atoms with Gasteiger partial charge in [-0.1, -0.05) is 12.1 Å². The van der Waals surface area contributed by atoms with Crippen molar-refractivity contribution in [3.8, 4) is 16.3 Å². The van der Waals surface area contributed by atoms with Crippen LogP contribution in [0.2, 0.25) is 0 Å². The first-order valence-corrected chi connectivity index (χ1v) is 10.5. The number of carbonyl (C=O) groups excluding carboxylic acids is 1. The molecule has 0 aliphatic carbocycles. The van der Waals surface area contributed by atoms with Crippen molar-refractivity contribution >= 4 is 40.2 Å². The summed E-state index contributed by atoms with van der Waals surface area (Å²) in [5.74, 6) is 2.43. The van der Waals surface area contributed by atoms with Crippen LogP contribution in [0.3, 0.4) is 0 Å². The molecule has 2 heterocycles. The third-order valence-electron chi connectivity index (χ3n) is 3.32. The van der Waals surface area contributed by atoms with Crippen LogP contribution in [0.25, 0.3) is 10.6 Å². The van der Waals surface area contributed by atoms with Gasteiger partial charge in [-0.2, -0.15) is 23.1 Å². The minimum absolute atomic E-state index is 0.0293. The van der Waals surface area contributed by atoms with Crippen molar-refractivity contribution in [3.63, 3.8) is 0 Å². The van der Waals surface area contributed by atoms with Crippen molar-refractivity contribution < 1.29 is 9.53 Å². The van der Waals surface area contributed by atoms with Crippen molar-refractivity contribution in [2.45, 2.75) is 12.7 Å². The number of thiazole rings is 1. The van der Waals surface area contributed by atoms with E-state index in [9.17, 15) is 4.79 Å². The molecule has 0 atom stereocenters. The number of ketones is 1. The summed E-state index contributed by atoms with van der Waals surface area (Å²) in [5.41, 5.74) is 2.95. The first-order chi connectivity index (χ1) is 11.7. The minimum atomic E-state index is 0.0293. The van der Waals surface area contributed by atoms with Crippen LogP contribution in [-0.2, 0) is 5.75 Å². The molecule has 3 rings (SSSR count). The Kier molecular flexibility index (Phi) is 6.07. The van der Waals surface area contributed by atoms with Crippen molar-refractivity contribution in [1.82, 2.24) is 4.98 Å². The molecule has 0 aliphatic rings. The summed E-state index contributed by atoms with van der Waals surface area (Å²) in [7, 11) is 0. The highest BCUT2D eigenvalue weighted by Crippen LogP contribution is 2.27. The Bertz CT molecular complexity index is 796. The number of ether oxygens (including phenoxy) is 1. The lowest BCUT2D eigenvalue weighted by atomic mass is 10.1. The van der Waals surface area contributed by atoms with Gasteiger partial charge in [-0.25, -0.2) is 4.98 Å². The van der Waals surface area contributed by atoms with Gasteiger partial charge in [-0.3, -0.25) is 4.79 Å². The number of hydrogen-bond donors (Lipinski definition) is 0. The monoisotopic (exact) mass is 375 g/mol. The summed E-state index contributed by atoms with van der Waals surface area (Å²) >= 11 is 5.16. The molecule has 0 unspecified atom stereocenters. The molecule has 0 radical (unpaired) electrons. The molecule has 0 saturated heterocycles. The molecule has 0 aliphatic heterocycles. The second-order valence-electron chi connectivity index (χ2n) is 5.11. The molecular formula is C18H17NO2S3. The summed E-state index contributed by atoms with van der Waals surface area (Å²) in [6.07, 6.45) is 0. The van der Waals surface area contributed by atoms with Gasteiger partial charge in [0.1, 0.15) is 10.8 Å². The lowest BCUT2D eigenvalue weighted by Gasteiger charge is -2.09. The van der Waals surface area contributed by atoms with Crippen molar-refractivity contribution in [3.05, 3.63) is 57.7 Å². The van der Waals surface area contributed by atoms with Gasteiger partial charge >= 0.3 is 0 Å². The third kappa shape index (κ3) is 4.47. The molecule has 0 bridgehead atoms. The van der Waals surface area contributed by atoms with Crippen LogP contribution in [0.15, 0.2) is 46.5 Å². The fourth-order valence-electron chi connectivity index (χ4n) is 2.16. The van der Waals surface area contributed by atoms with Gasteiger partial charge in [0.05, 0.1) is 17.9 Å². The van der Waals surface area contributed by atoms with E-state index in [1.165, 1.54) is 5.56 Å². The lowest BCUT2D eigenvalue weighted by molar-refractivity contribution is 0.101. The number of nitrogens with zero attached hydrogens (tertiary/aromatic N) is 1. The van der Waals surface area contributed by atoms with Crippen LogP contribution in [-0.4, -0.2) is 23.1 Å². The number of benzene rings is 1. The van der Waals surface area contributed by atoms with E-state index in [1.807, 2.05) is 18.2 Å². The number of aromatic nitrogens is 1. The van der Waals surface area contributed by atoms with E-state index in [4.69, 9.17) is 4.74 Å². The maximum atomic E-state index is 11.5. The van der Waals surface area contributed by atoms with Gasteiger partial charge in [-0.05, 0) is 30.5 Å². The predicted molar refractivity (Wildman–Crippen MR) is 104 cm³/mol. The van der Waals surface area contributed by atoms with Crippen LogP contribution in [0.5, 0.6) is 5.75 Å². The molecule has 0 N–H and O–H groups in total. The Hall–Kier alpha value is -1.63. The van der Waals surface area contributed by atoms with Crippen molar-refractivity contribution in [2.24, 2.45) is 0 Å². The molecule has 124 valence electrons. The molecule has 3 nitrogen and oxygen atoms in total. The number of rotatable bonds is 8. The Labute approximate surface area is 153 Å². The third-order valence-corrected chi connectivity index (χ3v) is 5.90. The zero-order valence-electron chi connectivity index (χ0n) is 13.2. The summed E-state index contributed by atoms with van der Waals surface area (Å²) in [6.45, 7) is 2.14. The summed E-state index contributed by atoms with van der Waals surface area (Å²) in [6, 6.07) is 9.48. The lowest BCUT2D eigenvalue weighted by Crippen LogP contribution is -2.04. The molecular weight excluding hydrogens is 358 g/mol. The summed E-state index contributed by atoms with van der Waals surface area (Å²) in [4.78, 5) is 16.2. The average Bonchev–Trinajstić information content (AvgIpc) is 3.26. The zero-order valence-corrected chi connectivity index (χ0v) is 15.7. The minimum Gasteiger partial charge on any atom is -0.492 e. The number of hydrogen-bond acceptors (Lipinski definition) is 6. The number of thioether (sulfide) groups is 1. The standard InChI is InChI=1S/C18H17NO2S3/c1-13(20)16-4-2-3-5-17(16)21-7-9-23-11-15-12-24-18(19-15)14-6-8-22-10-14/h2-6,8,10,12H,7,9,11H2,1H3. The van der Waals surface area contributed by atoms with Crippen LogP contribution in [0.4, 0.5) is 0 Å². The molecule has 24 heavy (non-hydrogen) atoms.